The molecule has 1 aromatic heterocycles. The second-order valence-electron chi connectivity index (χ2n) is 4.11. The summed E-state index contributed by atoms with van der Waals surface area (Å²) in [5.41, 5.74) is 2.08. The van der Waals surface area contributed by atoms with Crippen LogP contribution in [0.25, 0.3) is 0 Å². The first-order valence-electron chi connectivity index (χ1n) is 5.99. The quantitative estimate of drug-likeness (QED) is 0.697. The Kier molecular flexibility index (Phi) is 5.61. The lowest BCUT2D eigenvalue weighted by Crippen LogP contribution is -2.22. The van der Waals surface area contributed by atoms with Crippen LogP contribution in [0.3, 0.4) is 0 Å². The molecule has 1 amide bonds. The summed E-state index contributed by atoms with van der Waals surface area (Å²) in [5.74, 6) is 0.136. The largest absolute Gasteiger partial charge is 0.352 e. The summed E-state index contributed by atoms with van der Waals surface area (Å²) in [7, 11) is 0. The van der Waals surface area contributed by atoms with Gasteiger partial charge in [0, 0.05) is 24.2 Å². The number of rotatable bonds is 7. The van der Waals surface area contributed by atoms with E-state index in [-0.39, 0.29) is 5.91 Å². The van der Waals surface area contributed by atoms with E-state index in [4.69, 9.17) is 0 Å². The van der Waals surface area contributed by atoms with Gasteiger partial charge in [-0.2, -0.15) is 5.10 Å². The number of carbonyl (C=O) groups excluding carboxylic acids is 1. The number of nitrogens with one attached hydrogen (secondary N) is 2. The average molecular weight is 223 g/mol. The third-order valence-corrected chi connectivity index (χ3v) is 2.67. The third kappa shape index (κ3) is 4.47. The summed E-state index contributed by atoms with van der Waals surface area (Å²) >= 11 is 0. The van der Waals surface area contributed by atoms with Crippen molar-refractivity contribution < 1.29 is 4.79 Å². The molecule has 1 heterocycles. The van der Waals surface area contributed by atoms with Gasteiger partial charge in [0.2, 0.25) is 5.91 Å². The summed E-state index contributed by atoms with van der Waals surface area (Å²) in [5, 5.41) is 9.66. The highest BCUT2D eigenvalue weighted by molar-refractivity contribution is 5.75. The molecule has 0 bridgehead atoms. The molecular formula is C12H21N3O. The van der Waals surface area contributed by atoms with Crippen LogP contribution >= 0.6 is 0 Å². The second-order valence-corrected chi connectivity index (χ2v) is 4.11. The van der Waals surface area contributed by atoms with Crippen molar-refractivity contribution in [2.24, 2.45) is 0 Å². The Morgan fingerprint density at radius 3 is 2.88 bits per heavy atom. The number of unbranched alkanes of at least 4 members (excludes halogenated alkanes) is 3. The Labute approximate surface area is 96.8 Å². The van der Waals surface area contributed by atoms with Crippen LogP contribution in [0.5, 0.6) is 0 Å². The number of hydrogen-bond donors (Lipinski definition) is 2. The number of aromatic nitrogens is 2. The molecule has 0 aromatic carbocycles. The molecule has 4 nitrogen and oxygen atoms in total. The summed E-state index contributed by atoms with van der Waals surface area (Å²) in [6.07, 6.45) is 6.95. The lowest BCUT2D eigenvalue weighted by molar-refractivity contribution is -0.121. The molecule has 0 aliphatic rings. The van der Waals surface area contributed by atoms with E-state index in [0.29, 0.717) is 13.0 Å². The minimum absolute atomic E-state index is 0.136. The highest BCUT2D eigenvalue weighted by Crippen LogP contribution is 2.04. The lowest BCUT2D eigenvalue weighted by Gasteiger charge is -2.04. The number of amides is 1. The maximum absolute atomic E-state index is 11.5. The molecule has 0 aliphatic heterocycles. The Bertz CT molecular complexity index is 320. The van der Waals surface area contributed by atoms with Crippen molar-refractivity contribution >= 4 is 5.91 Å². The van der Waals surface area contributed by atoms with Crippen LogP contribution in [-0.2, 0) is 11.3 Å². The topological polar surface area (TPSA) is 57.8 Å². The molecule has 0 saturated heterocycles. The highest BCUT2D eigenvalue weighted by Gasteiger charge is 2.03. The van der Waals surface area contributed by atoms with Gasteiger partial charge in [-0.25, -0.2) is 0 Å². The summed E-state index contributed by atoms with van der Waals surface area (Å²) in [6.45, 7) is 4.70. The molecule has 2 N–H and O–H groups in total. The monoisotopic (exact) mass is 223 g/mol. The smallest absolute Gasteiger partial charge is 0.220 e. The van der Waals surface area contributed by atoms with Crippen LogP contribution in [0.2, 0.25) is 0 Å². The van der Waals surface area contributed by atoms with Crippen molar-refractivity contribution in [3.05, 3.63) is 17.5 Å². The Morgan fingerprint density at radius 1 is 1.44 bits per heavy atom. The first-order chi connectivity index (χ1) is 7.74. The van der Waals surface area contributed by atoms with Crippen molar-refractivity contribution in [3.63, 3.8) is 0 Å². The molecule has 0 fully saturated rings. The molecule has 1 rings (SSSR count). The van der Waals surface area contributed by atoms with Gasteiger partial charge in [0.1, 0.15) is 0 Å². The van der Waals surface area contributed by atoms with E-state index in [0.717, 1.165) is 24.1 Å². The number of hydrogen-bond acceptors (Lipinski definition) is 2. The average Bonchev–Trinajstić information content (AvgIpc) is 2.67. The fraction of sp³-hybridized carbons (Fsp3) is 0.667. The fourth-order valence-corrected chi connectivity index (χ4v) is 1.55. The molecule has 4 heteroatoms. The van der Waals surface area contributed by atoms with Crippen LogP contribution in [0.4, 0.5) is 0 Å². The molecular weight excluding hydrogens is 202 g/mol. The van der Waals surface area contributed by atoms with Crippen molar-refractivity contribution in [1.29, 1.82) is 0 Å². The first kappa shape index (κ1) is 12.7. The van der Waals surface area contributed by atoms with E-state index in [2.05, 4.69) is 22.4 Å². The van der Waals surface area contributed by atoms with E-state index in [9.17, 15) is 4.79 Å². The van der Waals surface area contributed by atoms with Crippen molar-refractivity contribution in [2.45, 2.75) is 52.5 Å². The van der Waals surface area contributed by atoms with Gasteiger partial charge >= 0.3 is 0 Å². The van der Waals surface area contributed by atoms with E-state index in [1.165, 1.54) is 12.8 Å². The Balaban J connectivity index is 2.13. The maximum Gasteiger partial charge on any atom is 0.220 e. The molecule has 1 aromatic rings. The van der Waals surface area contributed by atoms with Crippen LogP contribution in [0, 0.1) is 6.92 Å². The molecule has 90 valence electrons. The first-order valence-corrected chi connectivity index (χ1v) is 5.99. The van der Waals surface area contributed by atoms with E-state index in [1.807, 2.05) is 6.92 Å². The lowest BCUT2D eigenvalue weighted by atomic mass is 10.1. The molecule has 0 radical (unpaired) electrons. The van der Waals surface area contributed by atoms with Crippen LogP contribution < -0.4 is 5.32 Å². The molecule has 0 unspecified atom stereocenters. The normalized spacial score (nSPS) is 10.4. The molecule has 0 spiro atoms. The molecule has 0 saturated carbocycles. The summed E-state index contributed by atoms with van der Waals surface area (Å²) in [6, 6.07) is 0. The predicted octanol–water partition coefficient (Wildman–Crippen LogP) is 2.30. The van der Waals surface area contributed by atoms with Gasteiger partial charge in [-0.1, -0.05) is 26.2 Å². The van der Waals surface area contributed by atoms with Gasteiger partial charge in [-0.15, -0.1) is 0 Å². The zero-order valence-corrected chi connectivity index (χ0v) is 10.2. The predicted molar refractivity (Wildman–Crippen MR) is 63.9 cm³/mol. The van der Waals surface area contributed by atoms with Gasteiger partial charge in [-0.05, 0) is 13.3 Å². The summed E-state index contributed by atoms with van der Waals surface area (Å²) in [4.78, 5) is 11.5. The van der Waals surface area contributed by atoms with Gasteiger partial charge in [0.25, 0.3) is 0 Å². The molecule has 0 aliphatic carbocycles. The SMILES string of the molecule is CCCCCCC(=O)NCc1cn[nH]c1C. The number of carbonyl (C=O) groups is 1. The number of aryl methyl sites for hydroxylation is 1. The van der Waals surface area contributed by atoms with E-state index >= 15 is 0 Å². The highest BCUT2D eigenvalue weighted by atomic mass is 16.1. The number of nitrogens with zero attached hydrogens (tertiary/aromatic N) is 1. The number of aromatic amines is 1. The van der Waals surface area contributed by atoms with Gasteiger partial charge in [0.05, 0.1) is 6.20 Å². The van der Waals surface area contributed by atoms with Gasteiger partial charge in [-0.3, -0.25) is 9.89 Å². The van der Waals surface area contributed by atoms with Gasteiger partial charge in [0.15, 0.2) is 0 Å². The zero-order chi connectivity index (χ0) is 11.8. The molecule has 16 heavy (non-hydrogen) atoms. The minimum Gasteiger partial charge on any atom is -0.352 e. The van der Waals surface area contributed by atoms with Crippen LogP contribution in [0.15, 0.2) is 6.20 Å². The minimum atomic E-state index is 0.136. The van der Waals surface area contributed by atoms with Crippen LogP contribution in [0.1, 0.15) is 50.3 Å². The zero-order valence-electron chi connectivity index (χ0n) is 10.2. The standard InChI is InChI=1S/C12H21N3O/c1-3-4-5-6-7-12(16)13-8-11-9-14-15-10(11)2/h9H,3-8H2,1-2H3,(H,13,16)(H,14,15). The van der Waals surface area contributed by atoms with Crippen LogP contribution in [-0.4, -0.2) is 16.1 Å². The van der Waals surface area contributed by atoms with Crippen molar-refractivity contribution in [1.82, 2.24) is 15.5 Å². The van der Waals surface area contributed by atoms with Crippen molar-refractivity contribution in [2.75, 3.05) is 0 Å². The third-order valence-electron chi connectivity index (χ3n) is 2.67. The Morgan fingerprint density at radius 2 is 2.25 bits per heavy atom. The van der Waals surface area contributed by atoms with Gasteiger partial charge < -0.3 is 5.32 Å². The summed E-state index contributed by atoms with van der Waals surface area (Å²) < 4.78 is 0. The Hall–Kier alpha value is -1.32. The van der Waals surface area contributed by atoms with E-state index < -0.39 is 0 Å². The number of H-pyrrole nitrogens is 1. The van der Waals surface area contributed by atoms with Crippen molar-refractivity contribution in [3.8, 4) is 0 Å². The maximum atomic E-state index is 11.5. The fourth-order valence-electron chi connectivity index (χ4n) is 1.55. The molecule has 0 atom stereocenters. The second kappa shape index (κ2) is 7.04. The van der Waals surface area contributed by atoms with E-state index in [1.54, 1.807) is 6.20 Å².